The second-order valence-electron chi connectivity index (χ2n) is 5.83. The van der Waals surface area contributed by atoms with E-state index in [0.717, 1.165) is 17.7 Å². The highest BCUT2D eigenvalue weighted by Gasteiger charge is 2.40. The van der Waals surface area contributed by atoms with Gasteiger partial charge in [0.2, 0.25) is 5.91 Å². The molecule has 0 radical (unpaired) electrons. The fraction of sp³-hybridized carbons (Fsp3) is 0.500. The number of carbonyl (C=O) groups excluding carboxylic acids is 1. The minimum atomic E-state index is -1.21. The van der Waals surface area contributed by atoms with Crippen molar-refractivity contribution in [2.24, 2.45) is 0 Å². The van der Waals surface area contributed by atoms with E-state index >= 15 is 0 Å². The summed E-state index contributed by atoms with van der Waals surface area (Å²) in [5.41, 5.74) is 0.894. The van der Waals surface area contributed by atoms with Crippen LogP contribution in [0.5, 0.6) is 0 Å². The van der Waals surface area contributed by atoms with Crippen LogP contribution in [-0.4, -0.2) is 40.5 Å². The molecule has 21 heavy (non-hydrogen) atoms. The number of fused-ring (bicyclic) bond motifs is 1. The molecule has 0 saturated heterocycles. The van der Waals surface area contributed by atoms with Crippen LogP contribution in [0.3, 0.4) is 0 Å². The largest absolute Gasteiger partial charge is 0.480 e. The van der Waals surface area contributed by atoms with E-state index in [1.807, 2.05) is 31.2 Å². The molecule has 0 saturated carbocycles. The Labute approximate surface area is 125 Å². The number of hydrogen-bond acceptors (Lipinski definition) is 3. The summed E-state index contributed by atoms with van der Waals surface area (Å²) in [6.07, 6.45) is 0. The monoisotopic (exact) mass is 290 g/mol. The molecule has 1 heterocycles. The zero-order valence-corrected chi connectivity index (χ0v) is 12.7. The van der Waals surface area contributed by atoms with Crippen LogP contribution in [0.25, 0.3) is 0 Å². The average molecular weight is 290 g/mol. The molecule has 5 heteroatoms. The molecule has 1 aromatic carbocycles. The Hall–Kier alpha value is -1.88. The molecule has 1 unspecified atom stereocenters. The summed E-state index contributed by atoms with van der Waals surface area (Å²) in [4.78, 5) is 25.8. The molecule has 0 aliphatic carbocycles. The number of carbonyl (C=O) groups is 2. The van der Waals surface area contributed by atoms with Crippen molar-refractivity contribution in [1.82, 2.24) is 10.2 Å². The number of rotatable bonds is 4. The van der Waals surface area contributed by atoms with Gasteiger partial charge >= 0.3 is 5.97 Å². The highest BCUT2D eigenvalue weighted by atomic mass is 16.4. The van der Waals surface area contributed by atoms with Crippen LogP contribution in [0.2, 0.25) is 0 Å². The summed E-state index contributed by atoms with van der Waals surface area (Å²) in [6, 6.07) is 7.83. The summed E-state index contributed by atoms with van der Waals surface area (Å²) in [6.45, 7) is 6.61. The molecule has 1 atom stereocenters. The molecule has 5 nitrogen and oxygen atoms in total. The third kappa shape index (κ3) is 2.78. The van der Waals surface area contributed by atoms with E-state index in [2.05, 4.69) is 5.32 Å². The number of nitrogens with zero attached hydrogens (tertiary/aromatic N) is 1. The van der Waals surface area contributed by atoms with Crippen LogP contribution in [0.15, 0.2) is 24.3 Å². The van der Waals surface area contributed by atoms with Crippen LogP contribution in [0.1, 0.15) is 37.8 Å². The predicted molar refractivity (Wildman–Crippen MR) is 80.0 cm³/mol. The van der Waals surface area contributed by atoms with Gasteiger partial charge in [-0.05, 0) is 31.9 Å². The number of nitrogens with one attached hydrogen (secondary N) is 1. The van der Waals surface area contributed by atoms with Crippen molar-refractivity contribution in [3.05, 3.63) is 35.4 Å². The average Bonchev–Trinajstić information content (AvgIpc) is 2.46. The molecular formula is C16H22N2O3. The molecule has 1 aliphatic heterocycles. The Morgan fingerprint density at radius 2 is 2.05 bits per heavy atom. The lowest BCUT2D eigenvalue weighted by Crippen LogP contribution is -2.55. The minimum Gasteiger partial charge on any atom is -0.480 e. The van der Waals surface area contributed by atoms with Crippen molar-refractivity contribution in [3.8, 4) is 0 Å². The number of carboxylic acid groups (broad SMARTS) is 1. The maximum absolute atomic E-state index is 12.9. The smallest absolute Gasteiger partial charge is 0.329 e. The minimum absolute atomic E-state index is 0.135. The third-order valence-electron chi connectivity index (χ3n) is 4.17. The number of hydrogen-bond donors (Lipinski definition) is 2. The third-order valence-corrected chi connectivity index (χ3v) is 4.17. The number of amides is 1. The quantitative estimate of drug-likeness (QED) is 0.883. The number of benzene rings is 1. The van der Waals surface area contributed by atoms with E-state index in [1.54, 1.807) is 13.8 Å². The van der Waals surface area contributed by atoms with E-state index in [-0.39, 0.29) is 11.8 Å². The fourth-order valence-corrected chi connectivity index (χ4v) is 2.85. The summed E-state index contributed by atoms with van der Waals surface area (Å²) < 4.78 is 0. The van der Waals surface area contributed by atoms with Gasteiger partial charge in [-0.15, -0.1) is 0 Å². The lowest BCUT2D eigenvalue weighted by atomic mass is 9.88. The lowest BCUT2D eigenvalue weighted by Gasteiger charge is -2.38. The normalized spacial score (nSPS) is 18.0. The van der Waals surface area contributed by atoms with Crippen LogP contribution in [-0.2, 0) is 16.1 Å². The van der Waals surface area contributed by atoms with Crippen molar-refractivity contribution >= 4 is 11.9 Å². The molecule has 0 aromatic heterocycles. The molecular weight excluding hydrogens is 268 g/mol. The number of aliphatic carboxylic acids is 1. The maximum Gasteiger partial charge on any atom is 0.329 e. The molecule has 0 bridgehead atoms. The van der Waals surface area contributed by atoms with Gasteiger partial charge in [-0.1, -0.05) is 24.3 Å². The van der Waals surface area contributed by atoms with E-state index in [9.17, 15) is 14.7 Å². The Morgan fingerprint density at radius 3 is 2.67 bits per heavy atom. The van der Waals surface area contributed by atoms with Gasteiger partial charge in [0.25, 0.3) is 0 Å². The van der Waals surface area contributed by atoms with Crippen molar-refractivity contribution in [2.75, 3.05) is 13.1 Å². The van der Waals surface area contributed by atoms with Gasteiger partial charge in [-0.25, -0.2) is 4.79 Å². The van der Waals surface area contributed by atoms with Gasteiger partial charge in [0.05, 0.1) is 5.92 Å². The van der Waals surface area contributed by atoms with E-state index in [4.69, 9.17) is 0 Å². The molecule has 0 fully saturated rings. The van der Waals surface area contributed by atoms with Crippen LogP contribution in [0, 0.1) is 0 Å². The Morgan fingerprint density at radius 1 is 1.38 bits per heavy atom. The highest BCUT2D eigenvalue weighted by molar-refractivity contribution is 5.90. The zero-order valence-electron chi connectivity index (χ0n) is 12.7. The topological polar surface area (TPSA) is 69.6 Å². The van der Waals surface area contributed by atoms with Crippen LogP contribution in [0.4, 0.5) is 0 Å². The molecule has 1 aliphatic rings. The summed E-state index contributed by atoms with van der Waals surface area (Å²) in [7, 11) is 0. The summed E-state index contributed by atoms with van der Waals surface area (Å²) >= 11 is 0. The van der Waals surface area contributed by atoms with Crippen LogP contribution < -0.4 is 5.32 Å². The van der Waals surface area contributed by atoms with E-state index in [0.29, 0.717) is 13.1 Å². The summed E-state index contributed by atoms with van der Waals surface area (Å²) in [5, 5.41) is 12.6. The first-order valence-corrected chi connectivity index (χ1v) is 7.23. The second-order valence-corrected chi connectivity index (χ2v) is 5.83. The van der Waals surface area contributed by atoms with E-state index in [1.165, 1.54) is 4.90 Å². The van der Waals surface area contributed by atoms with Gasteiger partial charge in [0.15, 0.2) is 0 Å². The van der Waals surface area contributed by atoms with Gasteiger partial charge < -0.3 is 15.3 Å². The second kappa shape index (κ2) is 5.85. The van der Waals surface area contributed by atoms with E-state index < -0.39 is 11.5 Å². The zero-order chi connectivity index (χ0) is 15.6. The Kier molecular flexibility index (Phi) is 4.32. The number of carboxylic acids is 1. The first kappa shape index (κ1) is 15.5. The lowest BCUT2D eigenvalue weighted by molar-refractivity contribution is -0.157. The SMILES string of the molecule is CCN(C(=O)C1CNCc2ccccc21)C(C)(C)C(=O)O. The Bertz CT molecular complexity index is 554. The molecule has 2 rings (SSSR count). The number of likely N-dealkylation sites (N-methyl/N-ethyl adjacent to an activating group) is 1. The Balaban J connectivity index is 2.34. The van der Waals surface area contributed by atoms with Gasteiger partial charge in [0.1, 0.15) is 5.54 Å². The molecule has 2 N–H and O–H groups in total. The summed E-state index contributed by atoms with van der Waals surface area (Å²) in [5.74, 6) is -1.45. The van der Waals surface area contributed by atoms with Crippen molar-refractivity contribution < 1.29 is 14.7 Å². The van der Waals surface area contributed by atoms with Gasteiger partial charge in [-0.3, -0.25) is 4.79 Å². The van der Waals surface area contributed by atoms with Gasteiger partial charge in [0, 0.05) is 19.6 Å². The molecule has 1 amide bonds. The fourth-order valence-electron chi connectivity index (χ4n) is 2.85. The van der Waals surface area contributed by atoms with Crippen molar-refractivity contribution in [2.45, 2.75) is 38.8 Å². The highest BCUT2D eigenvalue weighted by Crippen LogP contribution is 2.28. The maximum atomic E-state index is 12.9. The molecule has 0 spiro atoms. The standard InChI is InChI=1S/C16H22N2O3/c1-4-18(16(2,3)15(20)21)14(19)13-10-17-9-11-7-5-6-8-12(11)13/h5-8,13,17H,4,9-10H2,1-3H3,(H,20,21). The van der Waals surface area contributed by atoms with Crippen molar-refractivity contribution in [3.63, 3.8) is 0 Å². The first-order chi connectivity index (χ1) is 9.89. The van der Waals surface area contributed by atoms with Crippen molar-refractivity contribution in [1.29, 1.82) is 0 Å². The predicted octanol–water partition coefficient (Wildman–Crippen LogP) is 1.59. The first-order valence-electron chi connectivity index (χ1n) is 7.23. The van der Waals surface area contributed by atoms with Gasteiger partial charge in [-0.2, -0.15) is 0 Å². The molecule has 1 aromatic rings. The van der Waals surface area contributed by atoms with Crippen LogP contribution >= 0.6 is 0 Å². The molecule has 114 valence electrons.